The summed E-state index contributed by atoms with van der Waals surface area (Å²) in [4.78, 5) is 0. The molecule has 0 spiro atoms. The van der Waals surface area contributed by atoms with Crippen LogP contribution in [0.5, 0.6) is 0 Å². The third-order valence-electron chi connectivity index (χ3n) is 1.09. The fourth-order valence-corrected chi connectivity index (χ4v) is 0.781. The molecule has 0 radical (unpaired) electrons. The number of halogens is 1. The molecule has 11 heavy (non-hydrogen) atoms. The molecule has 0 saturated heterocycles. The molecule has 0 rings (SSSR count). The molecule has 0 fully saturated rings. The fourth-order valence-electron chi connectivity index (χ4n) is 0.619. The second-order valence-electron chi connectivity index (χ2n) is 2.24. The first-order valence-corrected chi connectivity index (χ1v) is 4.62. The predicted molar refractivity (Wildman–Crippen MR) is 52.9 cm³/mol. The molecule has 2 heteroatoms. The highest BCUT2D eigenvalue weighted by molar-refractivity contribution is 9.11. The molecular weight excluding hydrogens is 204 g/mol. The lowest BCUT2D eigenvalue weighted by molar-refractivity contribution is 0.166. The van der Waals surface area contributed by atoms with Crippen molar-refractivity contribution in [3.05, 3.63) is 23.2 Å². The highest BCUT2D eigenvalue weighted by Gasteiger charge is 1.86. The lowest BCUT2D eigenvalue weighted by atomic mass is 10.3. The minimum absolute atomic E-state index is 0.611. The normalized spacial score (nSPS) is 10.7. The van der Waals surface area contributed by atoms with Gasteiger partial charge in [-0.15, -0.1) is 0 Å². The molecule has 1 nitrogen and oxygen atoms in total. The minimum Gasteiger partial charge on any atom is -0.376 e. The Morgan fingerprint density at radius 2 is 2.27 bits per heavy atom. The van der Waals surface area contributed by atoms with Crippen LogP contribution in [0, 0.1) is 0 Å². The van der Waals surface area contributed by atoms with E-state index >= 15 is 0 Å². The van der Waals surface area contributed by atoms with Gasteiger partial charge in [0.2, 0.25) is 0 Å². The summed E-state index contributed by atoms with van der Waals surface area (Å²) >= 11 is 3.22. The topological polar surface area (TPSA) is 9.23 Å². The van der Waals surface area contributed by atoms with Crippen molar-refractivity contribution in [1.82, 2.24) is 0 Å². The lowest BCUT2D eigenvalue weighted by Gasteiger charge is -1.98. The van der Waals surface area contributed by atoms with Crippen molar-refractivity contribution >= 4 is 15.9 Å². The number of hydrogen-bond donors (Lipinski definition) is 0. The molecule has 0 N–H and O–H groups in total. The quantitative estimate of drug-likeness (QED) is 0.492. The average molecular weight is 219 g/mol. The zero-order chi connectivity index (χ0) is 8.53. The van der Waals surface area contributed by atoms with Gasteiger partial charge in [0.05, 0.1) is 13.2 Å². The van der Waals surface area contributed by atoms with Gasteiger partial charge >= 0.3 is 0 Å². The minimum atomic E-state index is 0.611. The Morgan fingerprint density at radius 3 is 2.82 bits per heavy atom. The molecule has 0 aliphatic rings. The first-order chi connectivity index (χ1) is 5.27. The summed E-state index contributed by atoms with van der Waals surface area (Å²) in [6, 6.07) is 0. The van der Waals surface area contributed by atoms with Crippen LogP contribution < -0.4 is 0 Å². The SMILES string of the molecule is C=C(Br)COCC/C=C/CC. The molecule has 0 aliphatic heterocycles. The van der Waals surface area contributed by atoms with Crippen LogP contribution >= 0.6 is 15.9 Å². The van der Waals surface area contributed by atoms with Crippen LogP contribution in [-0.4, -0.2) is 13.2 Å². The third-order valence-corrected chi connectivity index (χ3v) is 1.32. The van der Waals surface area contributed by atoms with Crippen molar-refractivity contribution in [1.29, 1.82) is 0 Å². The first kappa shape index (κ1) is 10.9. The Kier molecular flexibility index (Phi) is 7.96. The van der Waals surface area contributed by atoms with Crippen LogP contribution in [0.25, 0.3) is 0 Å². The molecule has 0 atom stereocenters. The monoisotopic (exact) mass is 218 g/mol. The highest BCUT2D eigenvalue weighted by atomic mass is 79.9. The molecule has 0 aromatic carbocycles. The Bertz CT molecular complexity index is 130. The zero-order valence-corrected chi connectivity index (χ0v) is 8.56. The molecular formula is C9H15BrO. The summed E-state index contributed by atoms with van der Waals surface area (Å²) in [5, 5.41) is 0. The number of ether oxygens (including phenoxy) is 1. The summed E-state index contributed by atoms with van der Waals surface area (Å²) in [6.45, 7) is 7.18. The van der Waals surface area contributed by atoms with E-state index in [1.54, 1.807) is 0 Å². The molecule has 0 unspecified atom stereocenters. The van der Waals surface area contributed by atoms with E-state index in [2.05, 4.69) is 41.6 Å². The van der Waals surface area contributed by atoms with Gasteiger partial charge in [0.1, 0.15) is 0 Å². The summed E-state index contributed by atoms with van der Waals surface area (Å²) in [5.74, 6) is 0. The van der Waals surface area contributed by atoms with Gasteiger partial charge in [0.25, 0.3) is 0 Å². The Morgan fingerprint density at radius 1 is 1.55 bits per heavy atom. The van der Waals surface area contributed by atoms with Crippen molar-refractivity contribution in [3.63, 3.8) is 0 Å². The van der Waals surface area contributed by atoms with Crippen LogP contribution in [0.4, 0.5) is 0 Å². The van der Waals surface area contributed by atoms with Crippen molar-refractivity contribution in [3.8, 4) is 0 Å². The summed E-state index contributed by atoms with van der Waals surface area (Å²) in [5.41, 5.74) is 0. The van der Waals surface area contributed by atoms with Crippen LogP contribution in [0.3, 0.4) is 0 Å². The Balaban J connectivity index is 3.02. The summed E-state index contributed by atoms with van der Waals surface area (Å²) in [6.07, 6.45) is 6.38. The van der Waals surface area contributed by atoms with Crippen molar-refractivity contribution in [2.24, 2.45) is 0 Å². The van der Waals surface area contributed by atoms with E-state index in [0.29, 0.717) is 6.61 Å². The lowest BCUT2D eigenvalue weighted by Crippen LogP contribution is -1.94. The van der Waals surface area contributed by atoms with Gasteiger partial charge in [0, 0.05) is 4.48 Å². The third kappa shape index (κ3) is 9.92. The maximum Gasteiger partial charge on any atom is 0.0776 e. The van der Waals surface area contributed by atoms with E-state index in [0.717, 1.165) is 23.9 Å². The van der Waals surface area contributed by atoms with Gasteiger partial charge in [0.15, 0.2) is 0 Å². The zero-order valence-electron chi connectivity index (χ0n) is 6.98. The molecule has 0 heterocycles. The van der Waals surface area contributed by atoms with E-state index in [9.17, 15) is 0 Å². The molecule has 0 aromatic rings. The van der Waals surface area contributed by atoms with Gasteiger partial charge in [-0.3, -0.25) is 0 Å². The van der Waals surface area contributed by atoms with Gasteiger partial charge in [-0.2, -0.15) is 0 Å². The van der Waals surface area contributed by atoms with E-state index in [1.807, 2.05) is 0 Å². The standard InChI is InChI=1S/C9H15BrO/c1-3-4-5-6-7-11-8-9(2)10/h4-5H,2-3,6-8H2,1H3/b5-4+. The second-order valence-corrected chi connectivity index (χ2v) is 3.36. The van der Waals surface area contributed by atoms with Crippen LogP contribution in [0.15, 0.2) is 23.2 Å². The van der Waals surface area contributed by atoms with E-state index < -0.39 is 0 Å². The highest BCUT2D eigenvalue weighted by Crippen LogP contribution is 2.00. The second kappa shape index (κ2) is 8.02. The molecule has 64 valence electrons. The molecule has 0 aliphatic carbocycles. The smallest absolute Gasteiger partial charge is 0.0776 e. The summed E-state index contributed by atoms with van der Waals surface area (Å²) < 4.78 is 6.14. The van der Waals surface area contributed by atoms with Crippen molar-refractivity contribution < 1.29 is 4.74 Å². The molecule has 0 amide bonds. The molecule has 0 aromatic heterocycles. The molecule has 0 bridgehead atoms. The maximum absolute atomic E-state index is 5.24. The number of hydrogen-bond acceptors (Lipinski definition) is 1. The Hall–Kier alpha value is -0.0800. The van der Waals surface area contributed by atoms with E-state index in [1.165, 1.54) is 0 Å². The Labute approximate surface area is 77.3 Å². The van der Waals surface area contributed by atoms with Gasteiger partial charge < -0.3 is 4.74 Å². The van der Waals surface area contributed by atoms with Crippen LogP contribution in [-0.2, 0) is 4.74 Å². The van der Waals surface area contributed by atoms with Crippen LogP contribution in [0.2, 0.25) is 0 Å². The van der Waals surface area contributed by atoms with Crippen molar-refractivity contribution in [2.75, 3.05) is 13.2 Å². The van der Waals surface area contributed by atoms with Crippen LogP contribution in [0.1, 0.15) is 19.8 Å². The van der Waals surface area contributed by atoms with E-state index in [4.69, 9.17) is 4.74 Å². The largest absolute Gasteiger partial charge is 0.376 e. The number of allylic oxidation sites excluding steroid dienone is 1. The van der Waals surface area contributed by atoms with Gasteiger partial charge in [-0.25, -0.2) is 0 Å². The van der Waals surface area contributed by atoms with E-state index in [-0.39, 0.29) is 0 Å². The first-order valence-electron chi connectivity index (χ1n) is 3.83. The average Bonchev–Trinajstić information content (AvgIpc) is 1.96. The van der Waals surface area contributed by atoms with Gasteiger partial charge in [-0.1, -0.05) is 41.6 Å². The fraction of sp³-hybridized carbons (Fsp3) is 0.556. The summed E-state index contributed by atoms with van der Waals surface area (Å²) in [7, 11) is 0. The maximum atomic E-state index is 5.24. The van der Waals surface area contributed by atoms with Crippen molar-refractivity contribution in [2.45, 2.75) is 19.8 Å². The predicted octanol–water partition coefficient (Wildman–Crippen LogP) is 3.27. The van der Waals surface area contributed by atoms with Gasteiger partial charge in [-0.05, 0) is 12.8 Å². The number of rotatable bonds is 6. The molecule has 0 saturated carbocycles.